The number of fused-ring (bicyclic) bond motifs is 1. The number of Topliss-reactive ketones (excluding diaryl/α,β-unsaturated/α-hetero) is 1. The highest BCUT2D eigenvalue weighted by Gasteiger charge is 2.00. The van der Waals surface area contributed by atoms with E-state index in [1.165, 1.54) is 0 Å². The predicted octanol–water partition coefficient (Wildman–Crippen LogP) is 2.56. The first-order valence-electron chi connectivity index (χ1n) is 4.21. The van der Waals surface area contributed by atoms with E-state index in [0.29, 0.717) is 6.42 Å². The second-order valence-corrected chi connectivity index (χ2v) is 3.17. The van der Waals surface area contributed by atoms with Gasteiger partial charge < -0.3 is 4.42 Å². The fourth-order valence-corrected chi connectivity index (χ4v) is 1.40. The molecule has 1 heterocycles. The third-order valence-electron chi connectivity index (χ3n) is 1.97. The second-order valence-electron chi connectivity index (χ2n) is 3.17. The van der Waals surface area contributed by atoms with E-state index in [0.717, 1.165) is 16.5 Å². The molecule has 0 unspecified atom stereocenters. The molecule has 0 spiro atoms. The Bertz CT molecular complexity index is 440. The molecule has 2 heteroatoms. The Kier molecular flexibility index (Phi) is 1.89. The number of ketones is 1. The van der Waals surface area contributed by atoms with E-state index >= 15 is 0 Å². The van der Waals surface area contributed by atoms with Crippen LogP contribution in [0.5, 0.6) is 0 Å². The summed E-state index contributed by atoms with van der Waals surface area (Å²) in [6, 6.07) is 7.75. The summed E-state index contributed by atoms with van der Waals surface area (Å²) in [6.07, 6.45) is 2.14. The Hall–Kier alpha value is -1.57. The summed E-state index contributed by atoms with van der Waals surface area (Å²) >= 11 is 0. The summed E-state index contributed by atoms with van der Waals surface area (Å²) in [5, 5.41) is 1.08. The zero-order valence-electron chi connectivity index (χ0n) is 7.41. The van der Waals surface area contributed by atoms with Gasteiger partial charge in [0.1, 0.15) is 11.4 Å². The van der Waals surface area contributed by atoms with Crippen LogP contribution in [0.1, 0.15) is 12.5 Å². The van der Waals surface area contributed by atoms with Crippen molar-refractivity contribution in [1.82, 2.24) is 0 Å². The largest absolute Gasteiger partial charge is 0.464 e. The molecule has 0 radical (unpaired) electrons. The topological polar surface area (TPSA) is 30.2 Å². The maximum absolute atomic E-state index is 10.9. The third-order valence-corrected chi connectivity index (χ3v) is 1.97. The van der Waals surface area contributed by atoms with E-state index < -0.39 is 0 Å². The van der Waals surface area contributed by atoms with E-state index in [-0.39, 0.29) is 5.78 Å². The molecule has 2 nitrogen and oxygen atoms in total. The standard InChI is InChI=1S/C11H10O2/c1-8(12)6-9-2-3-10-4-5-13-11(10)7-9/h2-5,7H,6H2,1H3. The van der Waals surface area contributed by atoms with Crippen LogP contribution in [0.3, 0.4) is 0 Å². The summed E-state index contributed by atoms with van der Waals surface area (Å²) in [5.74, 6) is 0.172. The molecule has 2 aromatic rings. The summed E-state index contributed by atoms with van der Waals surface area (Å²) in [4.78, 5) is 10.9. The molecule has 1 aromatic heterocycles. The van der Waals surface area contributed by atoms with Crippen LogP contribution >= 0.6 is 0 Å². The average molecular weight is 174 g/mol. The first-order valence-corrected chi connectivity index (χ1v) is 4.21. The molecule has 0 amide bonds. The van der Waals surface area contributed by atoms with Gasteiger partial charge in [0.2, 0.25) is 0 Å². The normalized spacial score (nSPS) is 10.5. The lowest BCUT2D eigenvalue weighted by atomic mass is 10.1. The maximum Gasteiger partial charge on any atom is 0.134 e. The van der Waals surface area contributed by atoms with Crippen molar-refractivity contribution in [1.29, 1.82) is 0 Å². The van der Waals surface area contributed by atoms with E-state index in [1.807, 2.05) is 24.3 Å². The van der Waals surface area contributed by atoms with Crippen LogP contribution in [0.2, 0.25) is 0 Å². The van der Waals surface area contributed by atoms with E-state index in [9.17, 15) is 4.79 Å². The van der Waals surface area contributed by atoms with Crippen molar-refractivity contribution in [3.8, 4) is 0 Å². The van der Waals surface area contributed by atoms with Crippen molar-refractivity contribution in [2.75, 3.05) is 0 Å². The molecule has 0 fully saturated rings. The Labute approximate surface area is 76.2 Å². The van der Waals surface area contributed by atoms with E-state index in [1.54, 1.807) is 13.2 Å². The van der Waals surface area contributed by atoms with Crippen LogP contribution < -0.4 is 0 Å². The Morgan fingerprint density at radius 3 is 3.00 bits per heavy atom. The number of rotatable bonds is 2. The molecule has 0 aliphatic heterocycles. The van der Waals surface area contributed by atoms with E-state index in [2.05, 4.69) is 0 Å². The van der Waals surface area contributed by atoms with Gasteiger partial charge in [-0.05, 0) is 24.6 Å². The summed E-state index contributed by atoms with van der Waals surface area (Å²) in [5.41, 5.74) is 1.86. The summed E-state index contributed by atoms with van der Waals surface area (Å²) in [7, 11) is 0. The smallest absolute Gasteiger partial charge is 0.134 e. The van der Waals surface area contributed by atoms with Crippen molar-refractivity contribution in [3.05, 3.63) is 36.1 Å². The number of carbonyl (C=O) groups is 1. The Balaban J connectivity index is 2.42. The Morgan fingerprint density at radius 1 is 1.38 bits per heavy atom. The highest BCUT2D eigenvalue weighted by molar-refractivity contribution is 5.82. The number of hydrogen-bond acceptors (Lipinski definition) is 2. The minimum atomic E-state index is 0.172. The lowest BCUT2D eigenvalue weighted by Gasteiger charge is -1.96. The summed E-state index contributed by atoms with van der Waals surface area (Å²) < 4.78 is 5.23. The fourth-order valence-electron chi connectivity index (χ4n) is 1.40. The van der Waals surface area contributed by atoms with Crippen molar-refractivity contribution in [3.63, 3.8) is 0 Å². The zero-order valence-corrected chi connectivity index (χ0v) is 7.41. The molecule has 1 aromatic carbocycles. The SMILES string of the molecule is CC(=O)Cc1ccc2ccoc2c1. The van der Waals surface area contributed by atoms with Gasteiger partial charge in [-0.1, -0.05) is 12.1 Å². The highest BCUT2D eigenvalue weighted by Crippen LogP contribution is 2.17. The molecule has 0 aliphatic carbocycles. The molecule has 0 saturated carbocycles. The molecule has 0 N–H and O–H groups in total. The molecule has 66 valence electrons. The predicted molar refractivity (Wildman–Crippen MR) is 50.6 cm³/mol. The van der Waals surface area contributed by atoms with Gasteiger partial charge in [0.15, 0.2) is 0 Å². The second kappa shape index (κ2) is 3.05. The van der Waals surface area contributed by atoms with Crippen LogP contribution in [0.4, 0.5) is 0 Å². The van der Waals surface area contributed by atoms with Gasteiger partial charge in [-0.2, -0.15) is 0 Å². The molecule has 2 rings (SSSR count). The van der Waals surface area contributed by atoms with Gasteiger partial charge in [0, 0.05) is 11.8 Å². The quantitative estimate of drug-likeness (QED) is 0.700. The van der Waals surface area contributed by atoms with Crippen molar-refractivity contribution < 1.29 is 9.21 Å². The monoisotopic (exact) mass is 174 g/mol. The fraction of sp³-hybridized carbons (Fsp3) is 0.182. The van der Waals surface area contributed by atoms with Gasteiger partial charge in [-0.15, -0.1) is 0 Å². The first-order chi connectivity index (χ1) is 6.25. The van der Waals surface area contributed by atoms with Crippen LogP contribution in [-0.4, -0.2) is 5.78 Å². The zero-order chi connectivity index (χ0) is 9.26. The molecule has 0 aliphatic rings. The van der Waals surface area contributed by atoms with Crippen molar-refractivity contribution >= 4 is 16.8 Å². The minimum Gasteiger partial charge on any atom is -0.464 e. The van der Waals surface area contributed by atoms with Gasteiger partial charge in [-0.3, -0.25) is 4.79 Å². The number of furan rings is 1. The van der Waals surface area contributed by atoms with Gasteiger partial charge >= 0.3 is 0 Å². The van der Waals surface area contributed by atoms with Gasteiger partial charge in [0.05, 0.1) is 6.26 Å². The van der Waals surface area contributed by atoms with Crippen LogP contribution in [-0.2, 0) is 11.2 Å². The number of hydrogen-bond donors (Lipinski definition) is 0. The molecule has 0 bridgehead atoms. The molecular formula is C11H10O2. The third kappa shape index (κ3) is 1.61. The lowest BCUT2D eigenvalue weighted by Crippen LogP contribution is -1.95. The average Bonchev–Trinajstić information content (AvgIpc) is 2.49. The molecule has 0 atom stereocenters. The summed E-state index contributed by atoms with van der Waals surface area (Å²) in [6.45, 7) is 1.59. The van der Waals surface area contributed by atoms with E-state index in [4.69, 9.17) is 4.42 Å². The van der Waals surface area contributed by atoms with Crippen molar-refractivity contribution in [2.24, 2.45) is 0 Å². The van der Waals surface area contributed by atoms with Crippen LogP contribution in [0.15, 0.2) is 34.9 Å². The molecular weight excluding hydrogens is 164 g/mol. The van der Waals surface area contributed by atoms with Gasteiger partial charge in [-0.25, -0.2) is 0 Å². The maximum atomic E-state index is 10.9. The number of benzene rings is 1. The molecule has 0 saturated heterocycles. The van der Waals surface area contributed by atoms with Crippen LogP contribution in [0, 0.1) is 0 Å². The Morgan fingerprint density at radius 2 is 2.23 bits per heavy atom. The molecule has 13 heavy (non-hydrogen) atoms. The highest BCUT2D eigenvalue weighted by atomic mass is 16.3. The number of carbonyl (C=O) groups excluding carboxylic acids is 1. The lowest BCUT2D eigenvalue weighted by molar-refractivity contribution is -0.116. The van der Waals surface area contributed by atoms with Crippen molar-refractivity contribution in [2.45, 2.75) is 13.3 Å². The van der Waals surface area contributed by atoms with Crippen LogP contribution in [0.25, 0.3) is 11.0 Å². The first kappa shape index (κ1) is 8.05. The minimum absolute atomic E-state index is 0.172. The van der Waals surface area contributed by atoms with Gasteiger partial charge in [0.25, 0.3) is 0 Å².